The summed E-state index contributed by atoms with van der Waals surface area (Å²) < 4.78 is 33.1. The molecule has 0 bridgehead atoms. The van der Waals surface area contributed by atoms with Gasteiger partial charge < -0.3 is 25.2 Å². The fourth-order valence-electron chi connectivity index (χ4n) is 3.83. The summed E-state index contributed by atoms with van der Waals surface area (Å²) in [6.07, 6.45) is 1.45. The highest BCUT2D eigenvalue weighted by Gasteiger charge is 2.19. The molecule has 3 aromatic rings. The molecule has 4 rings (SSSR count). The summed E-state index contributed by atoms with van der Waals surface area (Å²) in [5, 5.41) is 6.46. The molecule has 36 heavy (non-hydrogen) atoms. The van der Waals surface area contributed by atoms with E-state index < -0.39 is 10.0 Å². The van der Waals surface area contributed by atoms with Crippen LogP contribution in [0.5, 0.6) is 5.75 Å². The van der Waals surface area contributed by atoms with Gasteiger partial charge in [-0.25, -0.2) is 18.1 Å². The average Bonchev–Trinajstić information content (AvgIpc) is 2.88. The van der Waals surface area contributed by atoms with E-state index in [9.17, 15) is 8.42 Å². The van der Waals surface area contributed by atoms with Crippen LogP contribution in [0.25, 0.3) is 0 Å². The van der Waals surface area contributed by atoms with Gasteiger partial charge in [-0.3, -0.25) is 0 Å². The number of hydrogen-bond acceptors (Lipinski definition) is 9. The lowest BCUT2D eigenvalue weighted by Crippen LogP contribution is -2.44. The Hall–Kier alpha value is -3.12. The Bertz CT molecular complexity index is 1310. The maximum Gasteiger partial charge on any atom is 0.242 e. The van der Waals surface area contributed by atoms with Crippen molar-refractivity contribution in [3.63, 3.8) is 0 Å². The zero-order chi connectivity index (χ0) is 25.7. The summed E-state index contributed by atoms with van der Waals surface area (Å²) in [4.78, 5) is 13.5. The van der Waals surface area contributed by atoms with Crippen LogP contribution in [-0.4, -0.2) is 70.2 Å². The maximum absolute atomic E-state index is 12.4. The van der Waals surface area contributed by atoms with Crippen molar-refractivity contribution in [1.82, 2.24) is 19.6 Å². The highest BCUT2D eigenvalue weighted by molar-refractivity contribution is 7.89. The second-order valence-corrected chi connectivity index (χ2v) is 10.5. The molecular weight excluding hydrogens is 502 g/mol. The Kier molecular flexibility index (Phi) is 8.14. The summed E-state index contributed by atoms with van der Waals surface area (Å²) in [5.41, 5.74) is 2.14. The fourth-order valence-corrected chi connectivity index (χ4v) is 4.85. The van der Waals surface area contributed by atoms with Crippen molar-refractivity contribution in [1.29, 1.82) is 0 Å². The number of anilines is 5. The monoisotopic (exact) mass is 531 g/mol. The second kappa shape index (κ2) is 11.3. The molecule has 0 radical (unpaired) electrons. The molecule has 0 saturated carbocycles. The molecule has 1 aliphatic heterocycles. The lowest BCUT2D eigenvalue weighted by atomic mass is 10.2. The van der Waals surface area contributed by atoms with Gasteiger partial charge in [0.2, 0.25) is 16.0 Å². The van der Waals surface area contributed by atoms with Gasteiger partial charge in [0.15, 0.2) is 5.82 Å². The quantitative estimate of drug-likeness (QED) is 0.380. The van der Waals surface area contributed by atoms with Crippen LogP contribution in [0, 0.1) is 0 Å². The molecule has 1 aliphatic rings. The van der Waals surface area contributed by atoms with E-state index in [1.165, 1.54) is 19.3 Å². The highest BCUT2D eigenvalue weighted by Crippen LogP contribution is 2.33. The van der Waals surface area contributed by atoms with Crippen LogP contribution >= 0.6 is 11.6 Å². The molecule has 1 saturated heterocycles. The summed E-state index contributed by atoms with van der Waals surface area (Å²) in [6.45, 7) is 6.37. The first kappa shape index (κ1) is 26.0. The molecule has 0 aliphatic carbocycles. The number of piperazine rings is 1. The third kappa shape index (κ3) is 5.98. The third-order valence-electron chi connectivity index (χ3n) is 5.82. The lowest BCUT2D eigenvalue weighted by molar-refractivity contribution is 0.312. The molecule has 0 atom stereocenters. The van der Waals surface area contributed by atoms with E-state index in [4.69, 9.17) is 16.3 Å². The van der Waals surface area contributed by atoms with Crippen molar-refractivity contribution in [3.8, 4) is 5.75 Å². The molecule has 1 fully saturated rings. The van der Waals surface area contributed by atoms with Gasteiger partial charge in [0.1, 0.15) is 15.7 Å². The van der Waals surface area contributed by atoms with Gasteiger partial charge >= 0.3 is 0 Å². The van der Waals surface area contributed by atoms with Crippen LogP contribution in [0.1, 0.15) is 6.92 Å². The maximum atomic E-state index is 12.4. The molecule has 0 spiro atoms. The second-order valence-electron chi connectivity index (χ2n) is 8.25. The first-order valence-corrected chi connectivity index (χ1v) is 13.5. The Morgan fingerprint density at radius 3 is 2.53 bits per heavy atom. The molecule has 0 unspecified atom stereocenters. The van der Waals surface area contributed by atoms with Crippen molar-refractivity contribution in [2.45, 2.75) is 11.8 Å². The largest absolute Gasteiger partial charge is 0.492 e. The van der Waals surface area contributed by atoms with Gasteiger partial charge in [-0.15, -0.1) is 0 Å². The minimum Gasteiger partial charge on any atom is -0.492 e. The van der Waals surface area contributed by atoms with Crippen molar-refractivity contribution in [2.75, 3.05) is 62.4 Å². The predicted octanol–water partition coefficient (Wildman–Crippen LogP) is 3.68. The minimum atomic E-state index is -3.69. The van der Waals surface area contributed by atoms with E-state index in [1.807, 2.05) is 25.1 Å². The van der Waals surface area contributed by atoms with E-state index in [1.54, 1.807) is 18.2 Å². The molecule has 2 heterocycles. The van der Waals surface area contributed by atoms with Crippen molar-refractivity contribution < 1.29 is 13.2 Å². The van der Waals surface area contributed by atoms with E-state index in [2.05, 4.69) is 42.2 Å². The summed E-state index contributed by atoms with van der Waals surface area (Å²) >= 11 is 6.33. The predicted molar refractivity (Wildman–Crippen MR) is 144 cm³/mol. The van der Waals surface area contributed by atoms with Crippen molar-refractivity contribution in [3.05, 3.63) is 53.7 Å². The molecule has 10 nitrogen and oxygen atoms in total. The summed E-state index contributed by atoms with van der Waals surface area (Å²) in [5.74, 6) is 1.23. The van der Waals surface area contributed by atoms with Gasteiger partial charge in [-0.2, -0.15) is 4.98 Å². The first-order valence-electron chi connectivity index (χ1n) is 11.6. The number of nitrogens with zero attached hydrogens (tertiary/aromatic N) is 4. The number of para-hydroxylation sites is 1. The number of aromatic nitrogens is 2. The van der Waals surface area contributed by atoms with E-state index in [0.717, 1.165) is 31.9 Å². The Morgan fingerprint density at radius 1 is 1.06 bits per heavy atom. The number of ether oxygens (including phenoxy) is 1. The number of rotatable bonds is 9. The van der Waals surface area contributed by atoms with Gasteiger partial charge in [-0.05, 0) is 45.3 Å². The molecule has 0 amide bonds. The minimum absolute atomic E-state index is 0.0785. The van der Waals surface area contributed by atoms with Gasteiger partial charge in [0, 0.05) is 37.9 Å². The Labute approximate surface area is 216 Å². The van der Waals surface area contributed by atoms with E-state index in [-0.39, 0.29) is 21.7 Å². The third-order valence-corrected chi connectivity index (χ3v) is 7.57. The van der Waals surface area contributed by atoms with Crippen molar-refractivity contribution >= 4 is 50.5 Å². The standard InChI is InChI=1S/C24H30ClN7O3S/c1-4-35-21-15-17(32-13-11-31(3)12-14-32)9-10-19(21)29-24-27-16-18(25)23(30-24)28-20-7-5-6-8-22(20)36(33,34)26-2/h5-10,15-16,26H,4,11-14H2,1-3H3,(H2,27,28,29,30). The molecule has 3 N–H and O–H groups in total. The number of halogens is 1. The first-order chi connectivity index (χ1) is 17.3. The fraction of sp³-hybridized carbons (Fsp3) is 0.333. The number of hydrogen-bond donors (Lipinski definition) is 3. The van der Waals surface area contributed by atoms with Crippen LogP contribution < -0.4 is 25.0 Å². The number of nitrogens with one attached hydrogen (secondary N) is 3. The Morgan fingerprint density at radius 2 is 1.81 bits per heavy atom. The van der Waals surface area contributed by atoms with E-state index >= 15 is 0 Å². The normalized spacial score (nSPS) is 14.5. The number of likely N-dealkylation sites (N-methyl/N-ethyl adjacent to an activating group) is 1. The van der Waals surface area contributed by atoms with Gasteiger partial charge in [-0.1, -0.05) is 23.7 Å². The zero-order valence-electron chi connectivity index (χ0n) is 20.5. The van der Waals surface area contributed by atoms with Crippen LogP contribution in [0.4, 0.5) is 28.8 Å². The van der Waals surface area contributed by atoms with Crippen LogP contribution in [0.2, 0.25) is 5.02 Å². The summed E-state index contributed by atoms with van der Waals surface area (Å²) in [7, 11) is -0.200. The van der Waals surface area contributed by atoms with Crippen molar-refractivity contribution in [2.24, 2.45) is 0 Å². The van der Waals surface area contributed by atoms with Crippen LogP contribution in [-0.2, 0) is 10.0 Å². The SMILES string of the molecule is CCOc1cc(N2CCN(C)CC2)ccc1Nc1ncc(Cl)c(Nc2ccccc2S(=O)(=O)NC)n1. The van der Waals surface area contributed by atoms with Gasteiger partial charge in [0.05, 0.1) is 24.2 Å². The van der Waals surface area contributed by atoms with E-state index in [0.29, 0.717) is 23.7 Å². The Balaban J connectivity index is 1.59. The molecular formula is C24H30ClN7O3S. The topological polar surface area (TPSA) is 112 Å². The molecule has 12 heteroatoms. The lowest BCUT2D eigenvalue weighted by Gasteiger charge is -2.34. The van der Waals surface area contributed by atoms with Crippen LogP contribution in [0.15, 0.2) is 53.6 Å². The zero-order valence-corrected chi connectivity index (χ0v) is 22.0. The number of sulfonamides is 1. The summed E-state index contributed by atoms with van der Waals surface area (Å²) in [6, 6.07) is 12.5. The molecule has 2 aromatic carbocycles. The highest BCUT2D eigenvalue weighted by atomic mass is 35.5. The van der Waals surface area contributed by atoms with Crippen LogP contribution in [0.3, 0.4) is 0 Å². The molecule has 1 aromatic heterocycles. The average molecular weight is 532 g/mol. The molecule has 192 valence electrons. The number of benzene rings is 2. The van der Waals surface area contributed by atoms with Gasteiger partial charge in [0.25, 0.3) is 0 Å². The smallest absolute Gasteiger partial charge is 0.242 e.